The molecule has 2 N–H and O–H groups in total. The SMILES string of the molecule is Cc1cccc(C(C)(N)Cc2ccsc2)c1. The summed E-state index contributed by atoms with van der Waals surface area (Å²) in [5.41, 5.74) is 9.90. The molecule has 16 heavy (non-hydrogen) atoms. The lowest BCUT2D eigenvalue weighted by molar-refractivity contribution is 0.492. The van der Waals surface area contributed by atoms with Gasteiger partial charge in [0.05, 0.1) is 0 Å². The van der Waals surface area contributed by atoms with Crippen LogP contribution >= 0.6 is 11.3 Å². The van der Waals surface area contributed by atoms with E-state index in [4.69, 9.17) is 5.73 Å². The van der Waals surface area contributed by atoms with Crippen LogP contribution in [0.15, 0.2) is 41.1 Å². The second-order valence-corrected chi connectivity index (χ2v) is 5.38. The van der Waals surface area contributed by atoms with Gasteiger partial charge in [-0.25, -0.2) is 0 Å². The van der Waals surface area contributed by atoms with Crippen molar-refractivity contribution in [3.8, 4) is 0 Å². The molecule has 0 saturated carbocycles. The van der Waals surface area contributed by atoms with Gasteiger partial charge in [-0.3, -0.25) is 0 Å². The van der Waals surface area contributed by atoms with Crippen LogP contribution in [0.2, 0.25) is 0 Å². The maximum atomic E-state index is 6.40. The molecule has 1 aromatic carbocycles. The zero-order valence-electron chi connectivity index (χ0n) is 9.73. The molecule has 84 valence electrons. The normalized spacial score (nSPS) is 14.7. The van der Waals surface area contributed by atoms with Gasteiger partial charge in [0, 0.05) is 5.54 Å². The third kappa shape index (κ3) is 2.52. The van der Waals surface area contributed by atoms with Crippen molar-refractivity contribution in [1.82, 2.24) is 0 Å². The van der Waals surface area contributed by atoms with E-state index >= 15 is 0 Å². The first-order valence-corrected chi connectivity index (χ1v) is 6.39. The Morgan fingerprint density at radius 3 is 2.75 bits per heavy atom. The zero-order chi connectivity index (χ0) is 11.6. The summed E-state index contributed by atoms with van der Waals surface area (Å²) in [4.78, 5) is 0. The highest BCUT2D eigenvalue weighted by atomic mass is 32.1. The minimum absolute atomic E-state index is 0.285. The number of rotatable bonds is 3. The van der Waals surface area contributed by atoms with Gasteiger partial charge in [-0.05, 0) is 48.2 Å². The van der Waals surface area contributed by atoms with Crippen molar-refractivity contribution in [2.75, 3.05) is 0 Å². The van der Waals surface area contributed by atoms with Crippen LogP contribution in [-0.4, -0.2) is 0 Å². The molecule has 0 bridgehead atoms. The van der Waals surface area contributed by atoms with Crippen molar-refractivity contribution >= 4 is 11.3 Å². The first kappa shape index (κ1) is 11.4. The summed E-state index contributed by atoms with van der Waals surface area (Å²) in [6.45, 7) is 4.20. The molecule has 0 spiro atoms. The van der Waals surface area contributed by atoms with Crippen LogP contribution in [-0.2, 0) is 12.0 Å². The van der Waals surface area contributed by atoms with E-state index in [9.17, 15) is 0 Å². The number of hydrogen-bond donors (Lipinski definition) is 1. The first-order chi connectivity index (χ1) is 7.58. The summed E-state index contributed by atoms with van der Waals surface area (Å²) in [6, 6.07) is 10.6. The Kier molecular flexibility index (Phi) is 3.13. The largest absolute Gasteiger partial charge is 0.321 e. The van der Waals surface area contributed by atoms with Crippen molar-refractivity contribution < 1.29 is 0 Å². The van der Waals surface area contributed by atoms with Crippen molar-refractivity contribution in [3.63, 3.8) is 0 Å². The molecule has 0 saturated heterocycles. The smallest absolute Gasteiger partial charge is 0.0422 e. The van der Waals surface area contributed by atoms with E-state index < -0.39 is 0 Å². The van der Waals surface area contributed by atoms with Crippen molar-refractivity contribution in [3.05, 3.63) is 57.8 Å². The number of nitrogens with two attached hydrogens (primary N) is 1. The predicted octanol–water partition coefficient (Wildman–Crippen LogP) is 3.47. The standard InChI is InChI=1S/C14H17NS/c1-11-4-3-5-13(8-11)14(2,15)9-12-6-7-16-10-12/h3-8,10H,9,15H2,1-2H3. The van der Waals surface area contributed by atoms with E-state index in [0.29, 0.717) is 0 Å². The van der Waals surface area contributed by atoms with Gasteiger partial charge in [0.15, 0.2) is 0 Å². The molecule has 0 aliphatic rings. The minimum atomic E-state index is -0.285. The molecule has 2 aromatic rings. The number of hydrogen-bond acceptors (Lipinski definition) is 2. The van der Waals surface area contributed by atoms with Crippen LogP contribution in [0.4, 0.5) is 0 Å². The highest BCUT2D eigenvalue weighted by molar-refractivity contribution is 7.07. The van der Waals surface area contributed by atoms with Crippen LogP contribution in [0.3, 0.4) is 0 Å². The fraction of sp³-hybridized carbons (Fsp3) is 0.286. The molecule has 0 radical (unpaired) electrons. The number of aryl methyl sites for hydroxylation is 1. The van der Waals surface area contributed by atoms with Crippen molar-refractivity contribution in [2.24, 2.45) is 5.73 Å². The molecule has 2 heteroatoms. The van der Waals surface area contributed by atoms with E-state index in [1.54, 1.807) is 11.3 Å². The molecule has 2 rings (SSSR count). The molecular formula is C14H17NS. The Balaban J connectivity index is 2.24. The van der Waals surface area contributed by atoms with E-state index in [1.165, 1.54) is 16.7 Å². The van der Waals surface area contributed by atoms with Gasteiger partial charge < -0.3 is 5.73 Å². The number of thiophene rings is 1. The molecule has 1 unspecified atom stereocenters. The fourth-order valence-corrected chi connectivity index (χ4v) is 2.59. The lowest BCUT2D eigenvalue weighted by atomic mass is 9.87. The summed E-state index contributed by atoms with van der Waals surface area (Å²) in [5.74, 6) is 0. The molecule has 0 amide bonds. The molecule has 0 aliphatic heterocycles. The quantitative estimate of drug-likeness (QED) is 0.860. The maximum absolute atomic E-state index is 6.40. The third-order valence-electron chi connectivity index (χ3n) is 2.83. The topological polar surface area (TPSA) is 26.0 Å². The minimum Gasteiger partial charge on any atom is -0.321 e. The Hall–Kier alpha value is -1.12. The lowest BCUT2D eigenvalue weighted by Crippen LogP contribution is -2.35. The van der Waals surface area contributed by atoms with E-state index in [-0.39, 0.29) is 5.54 Å². The fourth-order valence-electron chi connectivity index (χ4n) is 1.92. The number of benzene rings is 1. The Morgan fingerprint density at radius 2 is 2.12 bits per heavy atom. The van der Waals surface area contributed by atoms with Crippen LogP contribution in [0.1, 0.15) is 23.6 Å². The van der Waals surface area contributed by atoms with Gasteiger partial charge in [-0.2, -0.15) is 11.3 Å². The summed E-state index contributed by atoms with van der Waals surface area (Å²) >= 11 is 1.72. The van der Waals surface area contributed by atoms with Crippen LogP contribution in [0.5, 0.6) is 0 Å². The molecule has 0 aliphatic carbocycles. The molecule has 1 atom stereocenters. The second-order valence-electron chi connectivity index (χ2n) is 4.60. The van der Waals surface area contributed by atoms with Crippen LogP contribution in [0.25, 0.3) is 0 Å². The highest BCUT2D eigenvalue weighted by Gasteiger charge is 2.21. The summed E-state index contributed by atoms with van der Waals surface area (Å²) < 4.78 is 0. The predicted molar refractivity (Wildman–Crippen MR) is 70.7 cm³/mol. The summed E-state index contributed by atoms with van der Waals surface area (Å²) in [5, 5.41) is 4.27. The average molecular weight is 231 g/mol. The maximum Gasteiger partial charge on any atom is 0.0422 e. The van der Waals surface area contributed by atoms with Gasteiger partial charge in [-0.15, -0.1) is 0 Å². The highest BCUT2D eigenvalue weighted by Crippen LogP contribution is 2.24. The second kappa shape index (κ2) is 4.40. The van der Waals surface area contributed by atoms with Crippen molar-refractivity contribution in [1.29, 1.82) is 0 Å². The summed E-state index contributed by atoms with van der Waals surface area (Å²) in [6.07, 6.45) is 0.889. The molecule has 1 heterocycles. The van der Waals surface area contributed by atoms with Crippen molar-refractivity contribution in [2.45, 2.75) is 25.8 Å². The van der Waals surface area contributed by atoms with Gasteiger partial charge in [0.1, 0.15) is 0 Å². The Morgan fingerprint density at radius 1 is 1.31 bits per heavy atom. The molecule has 1 nitrogen and oxygen atoms in total. The van der Waals surface area contributed by atoms with Gasteiger partial charge in [0.2, 0.25) is 0 Å². The Bertz CT molecular complexity index is 457. The lowest BCUT2D eigenvalue weighted by Gasteiger charge is -2.25. The zero-order valence-corrected chi connectivity index (χ0v) is 10.6. The van der Waals surface area contributed by atoms with Crippen LogP contribution < -0.4 is 5.73 Å². The third-order valence-corrected chi connectivity index (χ3v) is 3.56. The van der Waals surface area contributed by atoms with E-state index in [2.05, 4.69) is 54.9 Å². The average Bonchev–Trinajstić information content (AvgIpc) is 2.70. The Labute approximate surface area is 101 Å². The van der Waals surface area contributed by atoms with E-state index in [1.807, 2.05) is 0 Å². The van der Waals surface area contributed by atoms with E-state index in [0.717, 1.165) is 6.42 Å². The monoisotopic (exact) mass is 231 g/mol. The molecule has 0 fully saturated rings. The summed E-state index contributed by atoms with van der Waals surface area (Å²) in [7, 11) is 0. The van der Waals surface area contributed by atoms with Gasteiger partial charge in [0.25, 0.3) is 0 Å². The van der Waals surface area contributed by atoms with Crippen LogP contribution in [0, 0.1) is 6.92 Å². The van der Waals surface area contributed by atoms with Gasteiger partial charge >= 0.3 is 0 Å². The first-order valence-electron chi connectivity index (χ1n) is 5.45. The van der Waals surface area contributed by atoms with Gasteiger partial charge in [-0.1, -0.05) is 29.8 Å². The molecular weight excluding hydrogens is 214 g/mol. The molecule has 1 aromatic heterocycles.